The van der Waals surface area contributed by atoms with E-state index in [-0.39, 0.29) is 0 Å². The number of alkyl halides is 24. The first-order valence-corrected chi connectivity index (χ1v) is 18.7. The summed E-state index contributed by atoms with van der Waals surface area (Å²) in [5.74, 6) is -13.6. The monoisotopic (exact) mass is 1000 g/mol. The van der Waals surface area contributed by atoms with Crippen molar-refractivity contribution in [2.45, 2.75) is 141 Å². The Kier molecular flexibility index (Phi) is 15.2. The van der Waals surface area contributed by atoms with Gasteiger partial charge in [-0.3, -0.25) is 0 Å². The van der Waals surface area contributed by atoms with Crippen molar-refractivity contribution in [1.29, 1.82) is 0 Å². The number of epoxide rings is 2. The van der Waals surface area contributed by atoms with Crippen molar-refractivity contribution in [2.75, 3.05) is 39.6 Å². The molecule has 31 heteroatoms. The molecular formula is C33H36F24O7. The second kappa shape index (κ2) is 17.8. The van der Waals surface area contributed by atoms with E-state index in [1.807, 2.05) is 0 Å². The van der Waals surface area contributed by atoms with Gasteiger partial charge in [-0.05, 0) is 38.5 Å². The maximum atomic E-state index is 14.7. The van der Waals surface area contributed by atoms with Crippen molar-refractivity contribution < 1.29 is 139 Å². The summed E-state index contributed by atoms with van der Waals surface area (Å²) in [5.41, 5.74) is -22.7. The molecule has 4 fully saturated rings. The smallest absolute Gasteiger partial charge is 0.388 e. The summed E-state index contributed by atoms with van der Waals surface area (Å²) in [6, 6.07) is 0. The van der Waals surface area contributed by atoms with Crippen LogP contribution in [-0.4, -0.2) is 135 Å². The van der Waals surface area contributed by atoms with Gasteiger partial charge in [0.05, 0.1) is 39.6 Å². The maximum absolute atomic E-state index is 14.7. The number of halogens is 24. The summed E-state index contributed by atoms with van der Waals surface area (Å²) in [6.07, 6.45) is -73.4. The molecule has 6 unspecified atom stereocenters. The van der Waals surface area contributed by atoms with Crippen molar-refractivity contribution in [1.82, 2.24) is 0 Å². The van der Waals surface area contributed by atoms with Crippen molar-refractivity contribution in [3.8, 4) is 0 Å². The Morgan fingerprint density at radius 1 is 0.375 bits per heavy atom. The molecule has 4 rings (SSSR count). The van der Waals surface area contributed by atoms with Crippen LogP contribution in [0.25, 0.3) is 0 Å². The van der Waals surface area contributed by atoms with Crippen LogP contribution in [0.4, 0.5) is 105 Å². The van der Waals surface area contributed by atoms with E-state index >= 15 is 0 Å². The van der Waals surface area contributed by atoms with E-state index in [4.69, 9.17) is 0 Å². The molecule has 378 valence electrons. The molecule has 2 heterocycles. The van der Waals surface area contributed by atoms with Crippen LogP contribution in [0.2, 0.25) is 0 Å². The summed E-state index contributed by atoms with van der Waals surface area (Å²) in [6.45, 7) is -9.27. The molecule has 4 aliphatic rings. The molecule has 0 spiro atoms. The van der Waals surface area contributed by atoms with E-state index < -0.39 is 205 Å². The van der Waals surface area contributed by atoms with Gasteiger partial charge in [-0.1, -0.05) is 12.8 Å². The minimum absolute atomic E-state index is 0.444. The van der Waals surface area contributed by atoms with Crippen molar-refractivity contribution in [3.05, 3.63) is 0 Å². The highest BCUT2D eigenvalue weighted by atomic mass is 19.4. The third-order valence-electron chi connectivity index (χ3n) is 11.8. The van der Waals surface area contributed by atoms with Gasteiger partial charge in [-0.25, -0.2) is 0 Å². The summed E-state index contributed by atoms with van der Waals surface area (Å²) in [4.78, 5) is 0. The quantitative estimate of drug-likeness (QED) is 0.122. The summed E-state index contributed by atoms with van der Waals surface area (Å²) < 4.78 is 373. The molecule has 0 amide bonds. The topological polar surface area (TPSA) is 82.2 Å². The molecule has 2 saturated heterocycles. The molecule has 2 saturated carbocycles. The minimum Gasteiger partial charge on any atom is -0.388 e. The highest BCUT2D eigenvalue weighted by molar-refractivity contribution is 5.11. The van der Waals surface area contributed by atoms with Gasteiger partial charge >= 0.3 is 49.4 Å². The standard InChI is InChI=1S/C33H36F24O7/c34-26(35,36)22(27(37,38)39,15-3-1-5-17(7-15)24(30(46,47)48,31(49,50)51)63-13-20-11-59-20)61-9-19(58)10-62-23(28(40,41)42,29(43,44)45)16-4-2-6-18(8-16)25(32(52,53)54,33(55,56)57)64-14-21-12-60-21/h15-21,58H,1-14H2. The fourth-order valence-electron chi connectivity index (χ4n) is 8.76. The molecule has 1 N–H and O–H groups in total. The van der Waals surface area contributed by atoms with E-state index in [1.54, 1.807) is 0 Å². The van der Waals surface area contributed by atoms with Crippen LogP contribution in [-0.2, 0) is 28.4 Å². The van der Waals surface area contributed by atoms with Gasteiger partial charge in [0.1, 0.15) is 18.3 Å². The van der Waals surface area contributed by atoms with Crippen LogP contribution in [0, 0.1) is 23.7 Å². The maximum Gasteiger partial charge on any atom is 0.426 e. The molecule has 0 aromatic heterocycles. The van der Waals surface area contributed by atoms with Crippen LogP contribution in [0.1, 0.15) is 51.4 Å². The van der Waals surface area contributed by atoms with Gasteiger partial charge in [0.15, 0.2) is 0 Å². The second-order valence-electron chi connectivity index (χ2n) is 15.9. The van der Waals surface area contributed by atoms with Gasteiger partial charge in [0.25, 0.3) is 22.4 Å². The third-order valence-corrected chi connectivity index (χ3v) is 11.8. The lowest BCUT2D eigenvalue weighted by molar-refractivity contribution is -0.420. The first kappa shape index (κ1) is 54.6. The molecule has 64 heavy (non-hydrogen) atoms. The van der Waals surface area contributed by atoms with Gasteiger partial charge in [-0.15, -0.1) is 0 Å². The lowest BCUT2D eigenvalue weighted by atomic mass is 9.66. The average molecular weight is 1000 g/mol. The SMILES string of the molecule is OC(COC(C1CCCC(C(OCC2CO2)(C(F)(F)F)C(F)(F)F)C1)(C(F)(F)F)C(F)(F)F)COC(C1CCCC(C(OCC2CO2)(C(F)(F)F)C(F)(F)F)C1)(C(F)(F)F)C(F)(F)F. The number of ether oxygens (including phenoxy) is 6. The van der Waals surface area contributed by atoms with Crippen LogP contribution < -0.4 is 0 Å². The zero-order valence-electron chi connectivity index (χ0n) is 31.9. The summed E-state index contributed by atoms with van der Waals surface area (Å²) in [5, 5.41) is 10.3. The summed E-state index contributed by atoms with van der Waals surface area (Å²) in [7, 11) is 0. The van der Waals surface area contributed by atoms with Gasteiger partial charge in [0.2, 0.25) is 0 Å². The molecule has 7 nitrogen and oxygen atoms in total. The zero-order valence-corrected chi connectivity index (χ0v) is 31.9. The summed E-state index contributed by atoms with van der Waals surface area (Å²) >= 11 is 0. The predicted octanol–water partition coefficient (Wildman–Crippen LogP) is 10.3. The molecule has 6 atom stereocenters. The largest absolute Gasteiger partial charge is 0.426 e. The van der Waals surface area contributed by atoms with E-state index in [0.717, 1.165) is 0 Å². The Hall–Kier alpha value is -1.96. The van der Waals surface area contributed by atoms with E-state index in [1.165, 1.54) is 0 Å². The van der Waals surface area contributed by atoms with E-state index in [2.05, 4.69) is 28.4 Å². The fourth-order valence-corrected chi connectivity index (χ4v) is 8.76. The number of aliphatic hydroxyl groups is 1. The van der Waals surface area contributed by atoms with Gasteiger partial charge in [-0.2, -0.15) is 105 Å². The fraction of sp³-hybridized carbons (Fsp3) is 1.00. The number of hydrogen-bond donors (Lipinski definition) is 1. The molecule has 0 aromatic carbocycles. The van der Waals surface area contributed by atoms with Crippen LogP contribution >= 0.6 is 0 Å². The normalized spacial score (nSPS) is 27.1. The second-order valence-corrected chi connectivity index (χ2v) is 15.9. The van der Waals surface area contributed by atoms with Crippen molar-refractivity contribution in [3.63, 3.8) is 0 Å². The third kappa shape index (κ3) is 10.1. The first-order chi connectivity index (χ1) is 28.7. The molecular weight excluding hydrogens is 964 g/mol. The van der Waals surface area contributed by atoms with Crippen LogP contribution in [0.3, 0.4) is 0 Å². The van der Waals surface area contributed by atoms with E-state index in [0.29, 0.717) is 0 Å². The van der Waals surface area contributed by atoms with Crippen LogP contribution in [0.15, 0.2) is 0 Å². The first-order valence-electron chi connectivity index (χ1n) is 18.7. The molecule has 2 aliphatic carbocycles. The molecule has 2 aliphatic heterocycles. The van der Waals surface area contributed by atoms with Gasteiger partial charge < -0.3 is 33.5 Å². The lowest BCUT2D eigenvalue weighted by Crippen LogP contribution is -2.68. The van der Waals surface area contributed by atoms with Crippen LogP contribution in [0.5, 0.6) is 0 Å². The average Bonchev–Trinajstić information content (AvgIpc) is 4.01. The molecule has 0 radical (unpaired) electrons. The highest BCUT2D eigenvalue weighted by Gasteiger charge is 2.82. The molecule has 0 bridgehead atoms. The lowest BCUT2D eigenvalue weighted by Gasteiger charge is -2.50. The Bertz CT molecular complexity index is 1370. The Labute approximate surface area is 344 Å². The van der Waals surface area contributed by atoms with Gasteiger partial charge in [0, 0.05) is 23.7 Å². The highest BCUT2D eigenvalue weighted by Crippen LogP contribution is 2.62. The number of aliphatic hydroxyl groups excluding tert-OH is 1. The Morgan fingerprint density at radius 2 is 0.578 bits per heavy atom. The minimum atomic E-state index is -6.95. The van der Waals surface area contributed by atoms with E-state index in [9.17, 15) is 110 Å². The predicted molar refractivity (Wildman–Crippen MR) is 160 cm³/mol. The number of rotatable bonds is 16. The number of hydrogen-bond acceptors (Lipinski definition) is 7. The molecule has 0 aromatic rings. The van der Waals surface area contributed by atoms with Crippen molar-refractivity contribution in [2.24, 2.45) is 23.7 Å². The zero-order chi connectivity index (χ0) is 49.2. The Morgan fingerprint density at radius 3 is 0.766 bits per heavy atom. The Balaban J connectivity index is 1.69. The van der Waals surface area contributed by atoms with Crippen molar-refractivity contribution >= 4 is 0 Å².